The third-order valence-corrected chi connectivity index (χ3v) is 8.89. The lowest BCUT2D eigenvalue weighted by molar-refractivity contribution is 0.591. The average Bonchev–Trinajstić information content (AvgIpc) is 3.50. The first kappa shape index (κ1) is 19.7. The molecule has 0 aliphatic carbocycles. The van der Waals surface area contributed by atoms with Crippen molar-refractivity contribution in [1.82, 2.24) is 8.96 Å². The minimum Gasteiger partial charge on any atom is -0.249 e. The summed E-state index contributed by atoms with van der Waals surface area (Å²) in [7, 11) is -3.92. The summed E-state index contributed by atoms with van der Waals surface area (Å²) in [5.74, 6) is 0. The molecule has 5 aromatic rings. The fraction of sp³-hybridized carbons (Fsp3) is 0.0435. The van der Waals surface area contributed by atoms with Crippen LogP contribution in [0.4, 0.5) is 0 Å². The SMILES string of the molecule is Cc1ncc(S(=O)(=O)n2c(-c3ccccc3)c(-c3ccsc3C#N)c3ccccc32)s1. The van der Waals surface area contributed by atoms with Crippen molar-refractivity contribution >= 4 is 43.6 Å². The van der Waals surface area contributed by atoms with Crippen molar-refractivity contribution in [2.45, 2.75) is 11.1 Å². The highest BCUT2D eigenvalue weighted by atomic mass is 32.2. The summed E-state index contributed by atoms with van der Waals surface area (Å²) in [5, 5.41) is 13.0. The highest BCUT2D eigenvalue weighted by molar-refractivity contribution is 7.92. The minimum atomic E-state index is -3.92. The maximum atomic E-state index is 13.9. The van der Waals surface area contributed by atoms with Crippen LogP contribution in [-0.4, -0.2) is 17.4 Å². The van der Waals surface area contributed by atoms with Crippen LogP contribution < -0.4 is 0 Å². The highest BCUT2D eigenvalue weighted by Crippen LogP contribution is 2.45. The van der Waals surface area contributed by atoms with Crippen LogP contribution in [0.15, 0.2) is 76.4 Å². The van der Waals surface area contributed by atoms with Crippen LogP contribution in [0.1, 0.15) is 9.88 Å². The lowest BCUT2D eigenvalue weighted by Gasteiger charge is -2.12. The van der Waals surface area contributed by atoms with Gasteiger partial charge in [-0.25, -0.2) is 8.96 Å². The Balaban J connectivity index is 1.99. The molecule has 31 heavy (non-hydrogen) atoms. The van der Waals surface area contributed by atoms with Gasteiger partial charge in [0.1, 0.15) is 10.9 Å². The fourth-order valence-corrected chi connectivity index (χ4v) is 7.16. The molecule has 5 nitrogen and oxygen atoms in total. The van der Waals surface area contributed by atoms with Gasteiger partial charge in [0.15, 0.2) is 4.21 Å². The predicted octanol–water partition coefficient (Wildman–Crippen LogP) is 5.91. The van der Waals surface area contributed by atoms with Gasteiger partial charge in [-0.05, 0) is 30.0 Å². The smallest absolute Gasteiger partial charge is 0.249 e. The summed E-state index contributed by atoms with van der Waals surface area (Å²) in [6.07, 6.45) is 1.41. The van der Waals surface area contributed by atoms with Gasteiger partial charge in [-0.1, -0.05) is 48.5 Å². The molecular weight excluding hydrogens is 446 g/mol. The van der Waals surface area contributed by atoms with Crippen molar-refractivity contribution in [3.8, 4) is 28.5 Å². The molecule has 0 unspecified atom stereocenters. The van der Waals surface area contributed by atoms with Gasteiger partial charge >= 0.3 is 0 Å². The molecule has 3 heterocycles. The molecule has 0 saturated heterocycles. The molecule has 3 aromatic heterocycles. The van der Waals surface area contributed by atoms with Crippen molar-refractivity contribution in [3.63, 3.8) is 0 Å². The van der Waals surface area contributed by atoms with E-state index in [2.05, 4.69) is 11.1 Å². The second-order valence-electron chi connectivity index (χ2n) is 6.85. The Bertz CT molecular complexity index is 1570. The molecule has 5 rings (SSSR count). The van der Waals surface area contributed by atoms with Gasteiger partial charge in [-0.2, -0.15) is 13.7 Å². The van der Waals surface area contributed by atoms with E-state index in [-0.39, 0.29) is 4.21 Å². The summed E-state index contributed by atoms with van der Waals surface area (Å²) in [6.45, 7) is 1.78. The molecule has 0 saturated carbocycles. The molecule has 0 amide bonds. The third kappa shape index (κ3) is 3.10. The number of thiophene rings is 1. The van der Waals surface area contributed by atoms with E-state index in [1.165, 1.54) is 21.5 Å². The molecular formula is C23H15N3O2S3. The molecule has 0 bridgehead atoms. The number of aryl methyl sites for hydroxylation is 1. The topological polar surface area (TPSA) is 75.8 Å². The lowest BCUT2D eigenvalue weighted by atomic mass is 9.99. The lowest BCUT2D eigenvalue weighted by Crippen LogP contribution is -2.13. The van der Waals surface area contributed by atoms with E-state index in [1.807, 2.05) is 60.0 Å². The van der Waals surface area contributed by atoms with Gasteiger partial charge in [-0.3, -0.25) is 0 Å². The van der Waals surface area contributed by atoms with Gasteiger partial charge < -0.3 is 0 Å². The van der Waals surface area contributed by atoms with Crippen LogP contribution in [0, 0.1) is 18.3 Å². The summed E-state index contributed by atoms with van der Waals surface area (Å²) in [4.78, 5) is 4.71. The maximum absolute atomic E-state index is 13.9. The predicted molar refractivity (Wildman–Crippen MR) is 125 cm³/mol. The summed E-state index contributed by atoms with van der Waals surface area (Å²) < 4.78 is 29.3. The Morgan fingerprint density at radius 2 is 1.77 bits per heavy atom. The zero-order valence-electron chi connectivity index (χ0n) is 16.3. The first-order valence-corrected chi connectivity index (χ1v) is 12.5. The quantitative estimate of drug-likeness (QED) is 0.333. The Labute approximate surface area is 187 Å². The molecule has 2 aromatic carbocycles. The third-order valence-electron chi connectivity index (χ3n) is 5.01. The van der Waals surface area contributed by atoms with E-state index >= 15 is 0 Å². The van der Waals surface area contributed by atoms with Gasteiger partial charge in [-0.15, -0.1) is 22.7 Å². The van der Waals surface area contributed by atoms with Crippen LogP contribution in [0.3, 0.4) is 0 Å². The summed E-state index contributed by atoms with van der Waals surface area (Å²) >= 11 is 2.49. The molecule has 0 spiro atoms. The van der Waals surface area contributed by atoms with Crippen molar-refractivity contribution < 1.29 is 8.42 Å². The Morgan fingerprint density at radius 3 is 2.48 bits per heavy atom. The second-order valence-corrected chi connectivity index (χ2v) is 11.0. The normalized spacial score (nSPS) is 11.6. The van der Waals surface area contributed by atoms with Gasteiger partial charge in [0.25, 0.3) is 10.0 Å². The van der Waals surface area contributed by atoms with Crippen LogP contribution in [-0.2, 0) is 10.0 Å². The van der Waals surface area contributed by atoms with Crippen LogP contribution in [0.5, 0.6) is 0 Å². The van der Waals surface area contributed by atoms with E-state index in [0.717, 1.165) is 33.4 Å². The molecule has 8 heteroatoms. The fourth-order valence-electron chi connectivity index (χ4n) is 3.74. The highest BCUT2D eigenvalue weighted by Gasteiger charge is 2.30. The second kappa shape index (κ2) is 7.46. The van der Waals surface area contributed by atoms with Gasteiger partial charge in [0, 0.05) is 16.5 Å². The largest absolute Gasteiger partial charge is 0.279 e. The maximum Gasteiger partial charge on any atom is 0.279 e. The molecule has 0 fully saturated rings. The van der Waals surface area contributed by atoms with E-state index in [1.54, 1.807) is 13.0 Å². The van der Waals surface area contributed by atoms with Crippen molar-refractivity contribution in [3.05, 3.63) is 82.1 Å². The van der Waals surface area contributed by atoms with E-state index in [0.29, 0.717) is 21.1 Å². The van der Waals surface area contributed by atoms with E-state index < -0.39 is 10.0 Å². The number of aromatic nitrogens is 2. The molecule has 152 valence electrons. The summed E-state index contributed by atoms with van der Waals surface area (Å²) in [6, 6.07) is 21.0. The number of benzene rings is 2. The zero-order valence-corrected chi connectivity index (χ0v) is 18.8. The number of hydrogen-bond donors (Lipinski definition) is 0. The van der Waals surface area contributed by atoms with Gasteiger partial charge in [0.2, 0.25) is 0 Å². The number of fused-ring (bicyclic) bond motifs is 1. The minimum absolute atomic E-state index is 0.181. The Morgan fingerprint density at radius 1 is 1.03 bits per heavy atom. The molecule has 0 N–H and O–H groups in total. The van der Waals surface area contributed by atoms with E-state index in [4.69, 9.17) is 0 Å². The molecule has 0 aliphatic rings. The molecule has 0 aliphatic heterocycles. The van der Waals surface area contributed by atoms with E-state index in [9.17, 15) is 13.7 Å². The van der Waals surface area contributed by atoms with Crippen molar-refractivity contribution in [2.24, 2.45) is 0 Å². The zero-order chi connectivity index (χ0) is 21.6. The van der Waals surface area contributed by atoms with Crippen molar-refractivity contribution in [1.29, 1.82) is 5.26 Å². The first-order chi connectivity index (χ1) is 15.0. The van der Waals surface area contributed by atoms with Crippen LogP contribution in [0.2, 0.25) is 0 Å². The summed E-state index contributed by atoms with van der Waals surface area (Å²) in [5.41, 5.74) is 3.34. The number of nitriles is 1. The number of para-hydroxylation sites is 1. The first-order valence-electron chi connectivity index (χ1n) is 9.37. The Hall–Kier alpha value is -3.25. The van der Waals surface area contributed by atoms with Gasteiger partial charge in [0.05, 0.1) is 22.4 Å². The average molecular weight is 462 g/mol. The number of thiazole rings is 1. The van der Waals surface area contributed by atoms with Crippen LogP contribution in [0.25, 0.3) is 33.3 Å². The number of rotatable bonds is 4. The monoisotopic (exact) mass is 461 g/mol. The number of nitrogens with zero attached hydrogens (tertiary/aromatic N) is 3. The Kier molecular flexibility index (Phi) is 4.74. The standard InChI is InChI=1S/C23H15N3O2S3/c1-15-25-14-21(30-15)31(27,28)26-19-10-6-5-9-17(19)22(18-11-12-29-20(18)13-24)23(26)16-7-3-2-4-8-16/h2-12,14H,1H3. The molecule has 0 atom stereocenters. The number of hydrogen-bond acceptors (Lipinski definition) is 6. The molecule has 0 radical (unpaired) electrons. The van der Waals surface area contributed by atoms with Crippen molar-refractivity contribution in [2.75, 3.05) is 0 Å². The van der Waals surface area contributed by atoms with Crippen LogP contribution >= 0.6 is 22.7 Å².